The Hall–Kier alpha value is -3.05. The van der Waals surface area contributed by atoms with Crippen molar-refractivity contribution in [2.24, 2.45) is 0 Å². The number of carbonyl (C=O) groups is 1. The van der Waals surface area contributed by atoms with Crippen LogP contribution in [0.4, 0.5) is 0 Å². The van der Waals surface area contributed by atoms with E-state index in [1.54, 1.807) is 43.5 Å². The Balaban J connectivity index is 1.63. The quantitative estimate of drug-likeness (QED) is 0.543. The fourth-order valence-electron chi connectivity index (χ4n) is 2.81. The molecule has 0 radical (unpaired) electrons. The highest BCUT2D eigenvalue weighted by Crippen LogP contribution is 2.29. The number of rotatable bonds is 8. The third-order valence-electron chi connectivity index (χ3n) is 4.49. The lowest BCUT2D eigenvalue weighted by atomic mass is 10.1. The van der Waals surface area contributed by atoms with Crippen LogP contribution in [0, 0.1) is 0 Å². The first-order valence-electron chi connectivity index (χ1n) is 9.27. The molecule has 1 heterocycles. The minimum atomic E-state index is -0.0801. The van der Waals surface area contributed by atoms with Crippen molar-refractivity contribution < 1.29 is 14.3 Å². The van der Waals surface area contributed by atoms with Crippen molar-refractivity contribution in [3.05, 3.63) is 88.7 Å². The van der Waals surface area contributed by atoms with Crippen LogP contribution in [0.1, 0.15) is 21.6 Å². The van der Waals surface area contributed by atoms with Crippen molar-refractivity contribution in [1.82, 2.24) is 9.88 Å². The first kappa shape index (κ1) is 20.7. The van der Waals surface area contributed by atoms with Gasteiger partial charge in [-0.15, -0.1) is 0 Å². The zero-order valence-corrected chi connectivity index (χ0v) is 17.2. The Morgan fingerprint density at radius 1 is 1.07 bits per heavy atom. The number of carbonyl (C=O) groups excluding carboxylic acids is 1. The lowest BCUT2D eigenvalue weighted by Crippen LogP contribution is -2.29. The summed E-state index contributed by atoms with van der Waals surface area (Å²) in [4.78, 5) is 18.7. The van der Waals surface area contributed by atoms with E-state index < -0.39 is 0 Å². The fraction of sp³-hybridized carbons (Fsp3) is 0.217. The summed E-state index contributed by atoms with van der Waals surface area (Å²) in [6.07, 6.45) is 2.45. The van der Waals surface area contributed by atoms with Gasteiger partial charge in [-0.25, -0.2) is 0 Å². The number of nitrogens with zero attached hydrogens (tertiary/aromatic N) is 2. The van der Waals surface area contributed by atoms with Crippen LogP contribution in [0.5, 0.6) is 11.5 Å². The van der Waals surface area contributed by atoms with Crippen LogP contribution in [-0.2, 0) is 13.0 Å². The van der Waals surface area contributed by atoms with Gasteiger partial charge in [0.1, 0.15) is 6.61 Å². The van der Waals surface area contributed by atoms with E-state index in [1.807, 2.05) is 42.5 Å². The molecule has 6 heteroatoms. The second-order valence-corrected chi connectivity index (χ2v) is 7.01. The lowest BCUT2D eigenvalue weighted by molar-refractivity contribution is 0.0796. The van der Waals surface area contributed by atoms with Gasteiger partial charge in [0, 0.05) is 42.5 Å². The molecule has 1 aromatic heterocycles. The zero-order valence-electron chi connectivity index (χ0n) is 16.5. The molecule has 29 heavy (non-hydrogen) atoms. The summed E-state index contributed by atoms with van der Waals surface area (Å²) >= 11 is 5.91. The molecule has 0 spiro atoms. The Morgan fingerprint density at radius 3 is 2.55 bits per heavy atom. The number of halogens is 1. The van der Waals surface area contributed by atoms with E-state index in [9.17, 15) is 4.79 Å². The summed E-state index contributed by atoms with van der Waals surface area (Å²) in [6, 6.07) is 18.4. The van der Waals surface area contributed by atoms with Crippen LogP contribution >= 0.6 is 11.6 Å². The predicted molar refractivity (Wildman–Crippen MR) is 114 cm³/mol. The number of benzene rings is 2. The van der Waals surface area contributed by atoms with Crippen LogP contribution in [0.3, 0.4) is 0 Å². The molecular formula is C23H23ClN2O3. The van der Waals surface area contributed by atoms with Gasteiger partial charge in [0.05, 0.1) is 7.11 Å². The number of amides is 1. The van der Waals surface area contributed by atoms with E-state index in [0.29, 0.717) is 41.7 Å². The standard InChI is InChI=1S/C23H23ClN2O3/c1-26(14-12-20-5-3-4-13-25-20)23(27)18-8-11-21(22(15-18)28-2)29-16-17-6-9-19(24)10-7-17/h3-11,13,15H,12,14,16H2,1-2H3. The van der Waals surface area contributed by atoms with Gasteiger partial charge >= 0.3 is 0 Å². The number of aromatic nitrogens is 1. The first-order chi connectivity index (χ1) is 14.1. The lowest BCUT2D eigenvalue weighted by Gasteiger charge is -2.18. The van der Waals surface area contributed by atoms with Crippen LogP contribution in [0.15, 0.2) is 66.9 Å². The molecule has 0 unspecified atom stereocenters. The smallest absolute Gasteiger partial charge is 0.253 e. The third kappa shape index (κ3) is 5.72. The second kappa shape index (κ2) is 9.94. The van der Waals surface area contributed by atoms with Crippen LogP contribution < -0.4 is 9.47 Å². The van der Waals surface area contributed by atoms with E-state index in [-0.39, 0.29) is 5.91 Å². The predicted octanol–water partition coefficient (Wildman–Crippen LogP) is 4.64. The number of hydrogen-bond acceptors (Lipinski definition) is 4. The number of methoxy groups -OCH3 is 1. The SMILES string of the molecule is COc1cc(C(=O)N(C)CCc2ccccn2)ccc1OCc1ccc(Cl)cc1. The first-order valence-corrected chi connectivity index (χ1v) is 9.65. The largest absolute Gasteiger partial charge is 0.493 e. The van der Waals surface area contributed by atoms with Gasteiger partial charge in [0.15, 0.2) is 11.5 Å². The average molecular weight is 411 g/mol. The van der Waals surface area contributed by atoms with Gasteiger partial charge in [-0.2, -0.15) is 0 Å². The average Bonchev–Trinajstić information content (AvgIpc) is 2.77. The van der Waals surface area contributed by atoms with Gasteiger partial charge in [-0.05, 0) is 48.0 Å². The van der Waals surface area contributed by atoms with Gasteiger partial charge in [-0.3, -0.25) is 9.78 Å². The summed E-state index contributed by atoms with van der Waals surface area (Å²) in [7, 11) is 3.34. The summed E-state index contributed by atoms with van der Waals surface area (Å²) in [5, 5.41) is 0.682. The summed E-state index contributed by atoms with van der Waals surface area (Å²) in [5.41, 5.74) is 2.49. The van der Waals surface area contributed by atoms with Crippen LogP contribution in [0.2, 0.25) is 5.02 Å². The van der Waals surface area contributed by atoms with E-state index >= 15 is 0 Å². The minimum Gasteiger partial charge on any atom is -0.493 e. The van der Waals surface area contributed by atoms with E-state index in [2.05, 4.69) is 4.98 Å². The molecule has 0 aliphatic rings. The number of hydrogen-bond donors (Lipinski definition) is 0. The Bertz CT molecular complexity index is 946. The number of pyridine rings is 1. The van der Waals surface area contributed by atoms with Crippen LogP contribution in [-0.4, -0.2) is 36.5 Å². The molecule has 0 atom stereocenters. The van der Waals surface area contributed by atoms with Crippen molar-refractivity contribution in [3.8, 4) is 11.5 Å². The summed E-state index contributed by atoms with van der Waals surface area (Å²) in [6.45, 7) is 0.956. The molecule has 1 amide bonds. The normalized spacial score (nSPS) is 10.4. The van der Waals surface area contributed by atoms with Gasteiger partial charge < -0.3 is 14.4 Å². The Labute approximate surface area is 175 Å². The molecule has 0 N–H and O–H groups in total. The molecule has 3 aromatic rings. The molecule has 3 rings (SSSR count). The van der Waals surface area contributed by atoms with Gasteiger partial charge in [-0.1, -0.05) is 29.8 Å². The van der Waals surface area contributed by atoms with Crippen LogP contribution in [0.25, 0.3) is 0 Å². The molecule has 150 valence electrons. The van der Waals surface area contributed by atoms with E-state index in [4.69, 9.17) is 21.1 Å². The number of ether oxygens (including phenoxy) is 2. The maximum absolute atomic E-state index is 12.8. The van der Waals surface area contributed by atoms with Crippen molar-refractivity contribution in [3.63, 3.8) is 0 Å². The highest BCUT2D eigenvalue weighted by Gasteiger charge is 2.15. The van der Waals surface area contributed by atoms with Gasteiger partial charge in [0.2, 0.25) is 0 Å². The Kier molecular flexibility index (Phi) is 7.09. The topological polar surface area (TPSA) is 51.7 Å². The third-order valence-corrected chi connectivity index (χ3v) is 4.75. The van der Waals surface area contributed by atoms with Crippen molar-refractivity contribution in [2.45, 2.75) is 13.0 Å². The molecular weight excluding hydrogens is 388 g/mol. The molecule has 2 aromatic carbocycles. The number of likely N-dealkylation sites (N-methyl/N-ethyl adjacent to an activating group) is 1. The molecule has 0 saturated heterocycles. The Morgan fingerprint density at radius 2 is 1.86 bits per heavy atom. The zero-order chi connectivity index (χ0) is 20.6. The molecule has 0 bridgehead atoms. The highest BCUT2D eigenvalue weighted by molar-refractivity contribution is 6.30. The summed E-state index contributed by atoms with van der Waals surface area (Å²) < 4.78 is 11.3. The maximum atomic E-state index is 12.8. The maximum Gasteiger partial charge on any atom is 0.253 e. The molecule has 5 nitrogen and oxygen atoms in total. The molecule has 0 fully saturated rings. The summed E-state index contributed by atoms with van der Waals surface area (Å²) in [5.74, 6) is 1.02. The molecule has 0 saturated carbocycles. The van der Waals surface area contributed by atoms with Crippen molar-refractivity contribution >= 4 is 17.5 Å². The minimum absolute atomic E-state index is 0.0801. The fourth-order valence-corrected chi connectivity index (χ4v) is 2.94. The monoisotopic (exact) mass is 410 g/mol. The molecule has 0 aliphatic carbocycles. The van der Waals surface area contributed by atoms with E-state index in [0.717, 1.165) is 11.3 Å². The van der Waals surface area contributed by atoms with Gasteiger partial charge in [0.25, 0.3) is 5.91 Å². The van der Waals surface area contributed by atoms with Crippen molar-refractivity contribution in [1.29, 1.82) is 0 Å². The second-order valence-electron chi connectivity index (χ2n) is 6.58. The van der Waals surface area contributed by atoms with E-state index in [1.165, 1.54) is 0 Å². The highest BCUT2D eigenvalue weighted by atomic mass is 35.5. The van der Waals surface area contributed by atoms with Crippen molar-refractivity contribution in [2.75, 3.05) is 20.7 Å². The molecule has 0 aliphatic heterocycles.